The molecule has 0 atom stereocenters. The molecular weight excluding hydrogens is 460 g/mol. The second kappa shape index (κ2) is 10.8. The van der Waals surface area contributed by atoms with Crippen LogP contribution in [0.4, 0.5) is 0 Å². The number of carbonyl (C=O) groups excluding carboxylic acids is 2. The SMILES string of the molecule is C=CC(=O)OCCCc1ccc(-c2ccc3c(oc4c(OC)c(OC(=O)C=C)ccc43)c2OC)cc1. The molecule has 7 heteroatoms. The first-order valence-electron chi connectivity index (χ1n) is 11.3. The molecule has 0 amide bonds. The van der Waals surface area contributed by atoms with Gasteiger partial charge >= 0.3 is 11.9 Å². The Bertz CT molecular complexity index is 1440. The molecule has 4 rings (SSSR count). The number of hydrogen-bond donors (Lipinski definition) is 0. The van der Waals surface area contributed by atoms with E-state index in [1.54, 1.807) is 13.2 Å². The molecule has 0 aliphatic carbocycles. The fourth-order valence-corrected chi connectivity index (χ4v) is 4.05. The smallest absolute Gasteiger partial charge is 0.335 e. The molecule has 7 nitrogen and oxygen atoms in total. The summed E-state index contributed by atoms with van der Waals surface area (Å²) in [5.41, 5.74) is 3.97. The van der Waals surface area contributed by atoms with Crippen molar-refractivity contribution >= 4 is 33.9 Å². The average molecular weight is 487 g/mol. The molecule has 0 spiro atoms. The first-order chi connectivity index (χ1) is 17.5. The van der Waals surface area contributed by atoms with E-state index in [9.17, 15) is 9.59 Å². The summed E-state index contributed by atoms with van der Waals surface area (Å²) >= 11 is 0. The van der Waals surface area contributed by atoms with Gasteiger partial charge in [-0.05, 0) is 48.2 Å². The van der Waals surface area contributed by atoms with Gasteiger partial charge in [0, 0.05) is 28.5 Å². The largest absolute Gasteiger partial charge is 0.492 e. The van der Waals surface area contributed by atoms with Gasteiger partial charge in [0.05, 0.1) is 20.8 Å². The Morgan fingerprint density at radius 3 is 2.11 bits per heavy atom. The van der Waals surface area contributed by atoms with Crippen molar-refractivity contribution in [2.45, 2.75) is 12.8 Å². The lowest BCUT2D eigenvalue weighted by molar-refractivity contribution is -0.137. The summed E-state index contributed by atoms with van der Waals surface area (Å²) in [6, 6.07) is 15.5. The molecule has 184 valence electrons. The number of rotatable bonds is 10. The normalized spacial score (nSPS) is 10.7. The van der Waals surface area contributed by atoms with E-state index in [0.717, 1.165) is 52.5 Å². The minimum absolute atomic E-state index is 0.239. The number of benzene rings is 3. The van der Waals surface area contributed by atoms with E-state index >= 15 is 0 Å². The molecule has 0 saturated carbocycles. The average Bonchev–Trinajstić information content (AvgIpc) is 3.29. The number of methoxy groups -OCH3 is 2. The summed E-state index contributed by atoms with van der Waals surface area (Å²) in [6.45, 7) is 7.16. The van der Waals surface area contributed by atoms with E-state index in [1.807, 2.05) is 42.5 Å². The van der Waals surface area contributed by atoms with Crippen LogP contribution in [0, 0.1) is 0 Å². The molecule has 0 aliphatic rings. The van der Waals surface area contributed by atoms with Gasteiger partial charge in [0.25, 0.3) is 0 Å². The summed E-state index contributed by atoms with van der Waals surface area (Å²) in [5.74, 6) is 0.128. The lowest BCUT2D eigenvalue weighted by Gasteiger charge is -2.10. The van der Waals surface area contributed by atoms with Gasteiger partial charge in [0.2, 0.25) is 5.75 Å². The van der Waals surface area contributed by atoms with Crippen molar-refractivity contribution in [2.24, 2.45) is 0 Å². The molecule has 0 unspecified atom stereocenters. The Labute approximate surface area is 208 Å². The highest BCUT2D eigenvalue weighted by molar-refractivity contribution is 6.11. The highest BCUT2D eigenvalue weighted by Gasteiger charge is 2.21. The van der Waals surface area contributed by atoms with Gasteiger partial charge in [-0.2, -0.15) is 0 Å². The fraction of sp³-hybridized carbons (Fsp3) is 0.172. The molecule has 1 heterocycles. The van der Waals surface area contributed by atoms with Gasteiger partial charge in [0.15, 0.2) is 22.7 Å². The van der Waals surface area contributed by atoms with Crippen LogP contribution >= 0.6 is 0 Å². The second-order valence-corrected chi connectivity index (χ2v) is 7.90. The minimum Gasteiger partial charge on any atom is -0.492 e. The molecule has 0 aliphatic heterocycles. The standard InChI is InChI=1S/C29H26O7/c1-5-24(30)34-17-7-8-18-9-11-19(12-10-18)20-13-14-21-22-15-16-23(35-25(31)6-2)29(33-4)28(22)36-27(21)26(20)32-3/h5-6,9-16H,1-2,7-8,17H2,3-4H3. The highest BCUT2D eigenvalue weighted by Crippen LogP contribution is 2.45. The zero-order valence-corrected chi connectivity index (χ0v) is 20.2. The van der Waals surface area contributed by atoms with Crippen LogP contribution in [0.25, 0.3) is 33.1 Å². The zero-order valence-electron chi connectivity index (χ0n) is 20.2. The minimum atomic E-state index is -0.593. The summed E-state index contributed by atoms with van der Waals surface area (Å²) in [6.07, 6.45) is 3.75. The van der Waals surface area contributed by atoms with Crippen LogP contribution in [0.15, 0.2) is 78.3 Å². The number of esters is 2. The van der Waals surface area contributed by atoms with Crippen LogP contribution in [0.3, 0.4) is 0 Å². The maximum absolute atomic E-state index is 11.7. The quantitative estimate of drug-likeness (QED) is 0.117. The van der Waals surface area contributed by atoms with Crippen LogP contribution < -0.4 is 14.2 Å². The van der Waals surface area contributed by atoms with Crippen molar-refractivity contribution in [1.82, 2.24) is 0 Å². The number of furan rings is 1. The maximum Gasteiger partial charge on any atom is 0.335 e. The van der Waals surface area contributed by atoms with E-state index in [2.05, 4.69) is 13.2 Å². The molecule has 0 saturated heterocycles. The first-order valence-corrected chi connectivity index (χ1v) is 11.3. The third kappa shape index (κ3) is 4.81. The van der Waals surface area contributed by atoms with Crippen molar-refractivity contribution in [3.63, 3.8) is 0 Å². The van der Waals surface area contributed by atoms with Crippen molar-refractivity contribution < 1.29 is 33.0 Å². The summed E-state index contributed by atoms with van der Waals surface area (Å²) in [5, 5.41) is 1.65. The van der Waals surface area contributed by atoms with E-state index in [0.29, 0.717) is 29.3 Å². The molecule has 0 bridgehead atoms. The van der Waals surface area contributed by atoms with Gasteiger partial charge < -0.3 is 23.4 Å². The van der Waals surface area contributed by atoms with Gasteiger partial charge in [-0.25, -0.2) is 9.59 Å². The van der Waals surface area contributed by atoms with Crippen LogP contribution in [-0.4, -0.2) is 32.8 Å². The van der Waals surface area contributed by atoms with Crippen molar-refractivity contribution in [3.05, 3.63) is 79.4 Å². The van der Waals surface area contributed by atoms with Gasteiger partial charge in [-0.1, -0.05) is 37.4 Å². The molecule has 4 aromatic rings. The third-order valence-electron chi connectivity index (χ3n) is 5.75. The number of aryl methyl sites for hydroxylation is 1. The topological polar surface area (TPSA) is 84.2 Å². The molecule has 0 fully saturated rings. The monoisotopic (exact) mass is 486 g/mol. The third-order valence-corrected chi connectivity index (χ3v) is 5.75. The van der Waals surface area contributed by atoms with Crippen LogP contribution in [0.5, 0.6) is 17.2 Å². The van der Waals surface area contributed by atoms with Crippen molar-refractivity contribution in [3.8, 4) is 28.4 Å². The number of hydrogen-bond acceptors (Lipinski definition) is 7. The highest BCUT2D eigenvalue weighted by atomic mass is 16.6. The molecule has 36 heavy (non-hydrogen) atoms. The fourth-order valence-electron chi connectivity index (χ4n) is 4.05. The zero-order chi connectivity index (χ0) is 25.7. The van der Waals surface area contributed by atoms with Gasteiger partial charge in [0.1, 0.15) is 0 Å². The molecule has 0 N–H and O–H groups in total. The number of fused-ring (bicyclic) bond motifs is 3. The van der Waals surface area contributed by atoms with Gasteiger partial charge in [-0.15, -0.1) is 0 Å². The predicted molar refractivity (Wildman–Crippen MR) is 138 cm³/mol. The van der Waals surface area contributed by atoms with Crippen LogP contribution in [-0.2, 0) is 20.7 Å². The Balaban J connectivity index is 1.67. The molecule has 1 aromatic heterocycles. The Morgan fingerprint density at radius 1 is 0.833 bits per heavy atom. The lowest BCUT2D eigenvalue weighted by Crippen LogP contribution is -2.04. The molecular formula is C29H26O7. The second-order valence-electron chi connectivity index (χ2n) is 7.90. The molecule has 0 radical (unpaired) electrons. The maximum atomic E-state index is 11.7. The Hall–Kier alpha value is -4.52. The summed E-state index contributed by atoms with van der Waals surface area (Å²) < 4.78 is 27.8. The van der Waals surface area contributed by atoms with Crippen LogP contribution in [0.1, 0.15) is 12.0 Å². The van der Waals surface area contributed by atoms with Crippen molar-refractivity contribution in [1.29, 1.82) is 0 Å². The summed E-state index contributed by atoms with van der Waals surface area (Å²) in [4.78, 5) is 22.9. The number of ether oxygens (including phenoxy) is 4. The van der Waals surface area contributed by atoms with E-state index in [-0.39, 0.29) is 5.75 Å². The van der Waals surface area contributed by atoms with Gasteiger partial charge in [-0.3, -0.25) is 0 Å². The van der Waals surface area contributed by atoms with E-state index in [4.69, 9.17) is 23.4 Å². The van der Waals surface area contributed by atoms with E-state index in [1.165, 1.54) is 7.11 Å². The predicted octanol–water partition coefficient (Wildman–Crippen LogP) is 6.02. The van der Waals surface area contributed by atoms with Crippen molar-refractivity contribution in [2.75, 3.05) is 20.8 Å². The Kier molecular flexibility index (Phi) is 7.39. The first kappa shape index (κ1) is 24.6. The van der Waals surface area contributed by atoms with E-state index < -0.39 is 11.9 Å². The summed E-state index contributed by atoms with van der Waals surface area (Å²) in [7, 11) is 3.08. The number of carbonyl (C=O) groups is 2. The Morgan fingerprint density at radius 2 is 1.47 bits per heavy atom. The van der Waals surface area contributed by atoms with Crippen LogP contribution in [0.2, 0.25) is 0 Å². The lowest BCUT2D eigenvalue weighted by atomic mass is 9.99. The molecule has 3 aromatic carbocycles.